The largest absolute Gasteiger partial charge is 0.351 e. The average molecular weight is 292 g/mol. The molecule has 2 atom stereocenters. The highest BCUT2D eigenvalue weighted by molar-refractivity contribution is 6.83. The standard InChI is InChI=1S/C19H20OSi/c1-21(2,3)14-13-18-19(20-18)17-11-9-16(10-12-17)15-7-5-4-6-8-15/h4-12,18-19H,1-3H3/t18-,19+/m1/s1. The highest BCUT2D eigenvalue weighted by Gasteiger charge is 2.38. The molecule has 21 heavy (non-hydrogen) atoms. The van der Waals surface area contributed by atoms with E-state index in [2.05, 4.69) is 79.6 Å². The van der Waals surface area contributed by atoms with E-state index in [9.17, 15) is 0 Å². The van der Waals surface area contributed by atoms with Crippen LogP contribution in [0.1, 0.15) is 11.7 Å². The van der Waals surface area contributed by atoms with E-state index >= 15 is 0 Å². The lowest BCUT2D eigenvalue weighted by Crippen LogP contribution is -2.16. The maximum absolute atomic E-state index is 5.69. The van der Waals surface area contributed by atoms with Crippen LogP contribution in [0.25, 0.3) is 11.1 Å². The first-order valence-electron chi connectivity index (χ1n) is 7.36. The van der Waals surface area contributed by atoms with Crippen molar-refractivity contribution in [2.45, 2.75) is 31.8 Å². The van der Waals surface area contributed by atoms with Crippen LogP contribution in [0.3, 0.4) is 0 Å². The topological polar surface area (TPSA) is 12.5 Å². The third kappa shape index (κ3) is 3.63. The van der Waals surface area contributed by atoms with E-state index in [4.69, 9.17) is 4.74 Å². The lowest BCUT2D eigenvalue weighted by atomic mass is 10.0. The molecular weight excluding hydrogens is 272 g/mol. The van der Waals surface area contributed by atoms with Crippen molar-refractivity contribution in [3.63, 3.8) is 0 Å². The first-order valence-corrected chi connectivity index (χ1v) is 10.9. The highest BCUT2D eigenvalue weighted by atomic mass is 28.3. The van der Waals surface area contributed by atoms with E-state index in [-0.39, 0.29) is 12.2 Å². The van der Waals surface area contributed by atoms with Gasteiger partial charge in [0.2, 0.25) is 0 Å². The predicted octanol–water partition coefficient (Wildman–Crippen LogP) is 4.67. The fourth-order valence-corrected chi connectivity index (χ4v) is 2.83. The van der Waals surface area contributed by atoms with Gasteiger partial charge in [-0.25, -0.2) is 0 Å². The molecule has 1 fully saturated rings. The van der Waals surface area contributed by atoms with Crippen molar-refractivity contribution in [1.29, 1.82) is 0 Å². The quantitative estimate of drug-likeness (QED) is 0.445. The van der Waals surface area contributed by atoms with Crippen LogP contribution < -0.4 is 0 Å². The second-order valence-corrected chi connectivity index (χ2v) is 11.2. The monoisotopic (exact) mass is 292 g/mol. The molecule has 0 aromatic heterocycles. The molecule has 0 spiro atoms. The Morgan fingerprint density at radius 2 is 1.48 bits per heavy atom. The molecule has 0 radical (unpaired) electrons. The number of rotatable bonds is 2. The Labute approximate surface area is 128 Å². The number of hydrogen-bond donors (Lipinski definition) is 0. The van der Waals surface area contributed by atoms with Crippen LogP contribution in [0.2, 0.25) is 19.6 Å². The van der Waals surface area contributed by atoms with E-state index in [1.54, 1.807) is 0 Å². The minimum atomic E-state index is -1.30. The minimum absolute atomic E-state index is 0.0966. The maximum atomic E-state index is 5.69. The summed E-state index contributed by atoms with van der Waals surface area (Å²) in [6.07, 6.45) is 0.262. The second-order valence-electron chi connectivity index (χ2n) is 6.48. The van der Waals surface area contributed by atoms with Crippen LogP contribution in [-0.4, -0.2) is 14.2 Å². The zero-order valence-corrected chi connectivity index (χ0v) is 13.8. The van der Waals surface area contributed by atoms with Gasteiger partial charge in [0, 0.05) is 0 Å². The molecule has 1 saturated heterocycles. The SMILES string of the molecule is C[Si](C)(C)C#C[C@H]1O[C@H]1c1ccc(-c2ccccc2)cc1. The molecule has 2 heteroatoms. The number of benzene rings is 2. The molecule has 2 aromatic rings. The number of ether oxygens (including phenoxy) is 1. The predicted molar refractivity (Wildman–Crippen MR) is 90.6 cm³/mol. The van der Waals surface area contributed by atoms with Crippen molar-refractivity contribution >= 4 is 8.07 Å². The van der Waals surface area contributed by atoms with E-state index in [0.717, 1.165) is 0 Å². The van der Waals surface area contributed by atoms with E-state index in [1.165, 1.54) is 16.7 Å². The molecule has 0 saturated carbocycles. The van der Waals surface area contributed by atoms with Crippen LogP contribution in [0.5, 0.6) is 0 Å². The van der Waals surface area contributed by atoms with Crippen molar-refractivity contribution < 1.29 is 4.74 Å². The summed E-state index contributed by atoms with van der Waals surface area (Å²) in [4.78, 5) is 0. The van der Waals surface area contributed by atoms with E-state index in [0.29, 0.717) is 0 Å². The van der Waals surface area contributed by atoms with Gasteiger partial charge < -0.3 is 4.74 Å². The lowest BCUT2D eigenvalue weighted by Gasteiger charge is -2.03. The molecule has 0 N–H and O–H groups in total. The summed E-state index contributed by atoms with van der Waals surface area (Å²) in [6.45, 7) is 6.77. The Morgan fingerprint density at radius 1 is 0.857 bits per heavy atom. The van der Waals surface area contributed by atoms with Gasteiger partial charge in [-0.05, 0) is 16.7 Å². The van der Waals surface area contributed by atoms with Crippen molar-refractivity contribution in [3.8, 4) is 22.6 Å². The fourth-order valence-electron chi connectivity index (χ4n) is 2.26. The highest BCUT2D eigenvalue weighted by Crippen LogP contribution is 2.38. The Balaban J connectivity index is 1.70. The Morgan fingerprint density at radius 3 is 2.10 bits per heavy atom. The summed E-state index contributed by atoms with van der Waals surface area (Å²) >= 11 is 0. The first kappa shape index (κ1) is 14.1. The minimum Gasteiger partial charge on any atom is -0.351 e. The van der Waals surface area contributed by atoms with Gasteiger partial charge in [0.1, 0.15) is 20.3 Å². The van der Waals surface area contributed by atoms with Gasteiger partial charge in [-0.3, -0.25) is 0 Å². The van der Waals surface area contributed by atoms with Gasteiger partial charge in [0.25, 0.3) is 0 Å². The Hall–Kier alpha value is -1.82. The van der Waals surface area contributed by atoms with Crippen LogP contribution >= 0.6 is 0 Å². The zero-order chi connectivity index (χ0) is 14.9. The molecule has 0 bridgehead atoms. The molecule has 2 aromatic carbocycles. The van der Waals surface area contributed by atoms with Crippen LogP contribution in [0.15, 0.2) is 54.6 Å². The van der Waals surface area contributed by atoms with Gasteiger partial charge in [-0.15, -0.1) is 5.54 Å². The van der Waals surface area contributed by atoms with E-state index in [1.807, 2.05) is 6.07 Å². The Kier molecular flexibility index (Phi) is 3.71. The van der Waals surface area contributed by atoms with Gasteiger partial charge in [0.05, 0.1) is 0 Å². The molecule has 1 aliphatic rings. The summed E-state index contributed by atoms with van der Waals surface area (Å²) < 4.78 is 5.69. The molecular formula is C19H20OSi. The number of hydrogen-bond acceptors (Lipinski definition) is 1. The molecule has 1 nitrogen and oxygen atoms in total. The Bertz CT molecular complexity index is 671. The lowest BCUT2D eigenvalue weighted by molar-refractivity contribution is 0.397. The van der Waals surface area contributed by atoms with E-state index < -0.39 is 8.07 Å². The van der Waals surface area contributed by atoms with Crippen molar-refractivity contribution in [3.05, 3.63) is 60.2 Å². The molecule has 0 amide bonds. The van der Waals surface area contributed by atoms with Crippen molar-refractivity contribution in [2.24, 2.45) is 0 Å². The zero-order valence-electron chi connectivity index (χ0n) is 12.8. The summed E-state index contributed by atoms with van der Waals surface area (Å²) in [7, 11) is -1.30. The number of epoxide rings is 1. The smallest absolute Gasteiger partial charge is 0.148 e. The van der Waals surface area contributed by atoms with Crippen LogP contribution in [-0.2, 0) is 4.74 Å². The fraction of sp³-hybridized carbons (Fsp3) is 0.263. The van der Waals surface area contributed by atoms with Gasteiger partial charge >= 0.3 is 0 Å². The second kappa shape index (κ2) is 5.52. The third-order valence-electron chi connectivity index (χ3n) is 3.43. The van der Waals surface area contributed by atoms with Gasteiger partial charge in [-0.1, -0.05) is 80.2 Å². The van der Waals surface area contributed by atoms with Gasteiger partial charge in [0.15, 0.2) is 0 Å². The average Bonchev–Trinajstić information content (AvgIpc) is 3.25. The molecule has 0 aliphatic carbocycles. The normalized spacial score (nSPS) is 20.5. The molecule has 1 heterocycles. The maximum Gasteiger partial charge on any atom is 0.148 e. The molecule has 1 aliphatic heterocycles. The molecule has 3 rings (SSSR count). The first-order chi connectivity index (χ1) is 10.0. The summed E-state index contributed by atoms with van der Waals surface area (Å²) in [6, 6.07) is 19.1. The molecule has 0 unspecified atom stereocenters. The van der Waals surface area contributed by atoms with Gasteiger partial charge in [-0.2, -0.15) is 0 Å². The van der Waals surface area contributed by atoms with Crippen LogP contribution in [0, 0.1) is 11.5 Å². The summed E-state index contributed by atoms with van der Waals surface area (Å²) in [5.41, 5.74) is 7.10. The summed E-state index contributed by atoms with van der Waals surface area (Å²) in [5, 5.41) is 0. The van der Waals surface area contributed by atoms with Crippen molar-refractivity contribution in [1.82, 2.24) is 0 Å². The molecule has 106 valence electrons. The van der Waals surface area contributed by atoms with Crippen molar-refractivity contribution in [2.75, 3.05) is 0 Å². The van der Waals surface area contributed by atoms with Crippen LogP contribution in [0.4, 0.5) is 0 Å². The summed E-state index contributed by atoms with van der Waals surface area (Å²) in [5.74, 6) is 3.28. The third-order valence-corrected chi connectivity index (χ3v) is 4.32.